The van der Waals surface area contributed by atoms with Crippen molar-refractivity contribution in [2.75, 3.05) is 0 Å². The normalized spacial score (nSPS) is 10.8. The molecule has 0 radical (unpaired) electrons. The molecular formula is C14H11FSe. The minimum absolute atomic E-state index is 0.189. The van der Waals surface area contributed by atoms with Gasteiger partial charge in [0.15, 0.2) is 0 Å². The Morgan fingerprint density at radius 1 is 0.875 bits per heavy atom. The van der Waals surface area contributed by atoms with Crippen molar-refractivity contribution in [1.29, 1.82) is 0 Å². The average molecular weight is 277 g/mol. The molecule has 0 aliphatic heterocycles. The maximum atomic E-state index is 12.7. The summed E-state index contributed by atoms with van der Waals surface area (Å²) in [5, 5.41) is 0. The Morgan fingerprint density at radius 2 is 1.56 bits per heavy atom. The number of rotatable bonds is 3. The molecule has 0 saturated carbocycles. The van der Waals surface area contributed by atoms with Gasteiger partial charge in [-0.1, -0.05) is 0 Å². The van der Waals surface area contributed by atoms with Crippen LogP contribution in [0.15, 0.2) is 59.6 Å². The fourth-order valence-electron chi connectivity index (χ4n) is 1.26. The second kappa shape index (κ2) is 5.64. The van der Waals surface area contributed by atoms with Crippen molar-refractivity contribution in [1.82, 2.24) is 0 Å². The van der Waals surface area contributed by atoms with Crippen molar-refractivity contribution < 1.29 is 4.39 Å². The van der Waals surface area contributed by atoms with Crippen LogP contribution in [-0.4, -0.2) is 15.0 Å². The summed E-state index contributed by atoms with van der Waals surface area (Å²) < 4.78 is 14.0. The molecule has 0 saturated heterocycles. The van der Waals surface area contributed by atoms with Gasteiger partial charge in [0.1, 0.15) is 0 Å². The van der Waals surface area contributed by atoms with E-state index in [0.717, 1.165) is 5.56 Å². The summed E-state index contributed by atoms with van der Waals surface area (Å²) in [4.78, 5) is 2.15. The zero-order valence-corrected chi connectivity index (χ0v) is 10.4. The van der Waals surface area contributed by atoms with Gasteiger partial charge in [0.2, 0.25) is 0 Å². The van der Waals surface area contributed by atoms with Crippen LogP contribution in [0.3, 0.4) is 0 Å². The van der Waals surface area contributed by atoms with Crippen LogP contribution in [-0.2, 0) is 0 Å². The molecule has 2 aromatic rings. The first kappa shape index (κ1) is 11.1. The summed E-state index contributed by atoms with van der Waals surface area (Å²) in [5.74, 6) is -0.189. The average Bonchev–Trinajstić information content (AvgIpc) is 2.33. The maximum absolute atomic E-state index is 12.7. The zero-order chi connectivity index (χ0) is 11.2. The van der Waals surface area contributed by atoms with Gasteiger partial charge in [-0.2, -0.15) is 0 Å². The fraction of sp³-hybridized carbons (Fsp3) is 0. The summed E-state index contributed by atoms with van der Waals surface area (Å²) in [5.41, 5.74) is 1.04. The molecule has 16 heavy (non-hydrogen) atoms. The molecule has 0 fully saturated rings. The van der Waals surface area contributed by atoms with Crippen LogP contribution in [0, 0.1) is 5.82 Å². The van der Waals surface area contributed by atoms with Gasteiger partial charge in [-0.15, -0.1) is 0 Å². The van der Waals surface area contributed by atoms with Crippen LogP contribution in [0.25, 0.3) is 6.08 Å². The third kappa shape index (κ3) is 3.34. The third-order valence-corrected chi connectivity index (χ3v) is 3.79. The van der Waals surface area contributed by atoms with Crippen molar-refractivity contribution in [2.45, 2.75) is 0 Å². The van der Waals surface area contributed by atoms with Crippen LogP contribution in [0.4, 0.5) is 4.39 Å². The van der Waals surface area contributed by atoms with Gasteiger partial charge in [-0.25, -0.2) is 0 Å². The van der Waals surface area contributed by atoms with E-state index >= 15 is 0 Å². The summed E-state index contributed by atoms with van der Waals surface area (Å²) >= 11 is 0.343. The van der Waals surface area contributed by atoms with Crippen molar-refractivity contribution in [3.63, 3.8) is 0 Å². The summed E-state index contributed by atoms with van der Waals surface area (Å²) in [6.45, 7) is 0. The van der Waals surface area contributed by atoms with Crippen molar-refractivity contribution in [3.05, 3.63) is 71.0 Å². The van der Waals surface area contributed by atoms with Gasteiger partial charge >= 0.3 is 101 Å². The Labute approximate surface area is 101 Å². The van der Waals surface area contributed by atoms with Gasteiger partial charge in [0.05, 0.1) is 0 Å². The fourth-order valence-corrected chi connectivity index (χ4v) is 2.73. The van der Waals surface area contributed by atoms with E-state index in [0.29, 0.717) is 15.0 Å². The van der Waals surface area contributed by atoms with Gasteiger partial charge in [0, 0.05) is 0 Å². The molecule has 0 bridgehead atoms. The molecule has 0 N–H and O–H groups in total. The van der Waals surface area contributed by atoms with Crippen LogP contribution in [0.5, 0.6) is 0 Å². The monoisotopic (exact) mass is 278 g/mol. The van der Waals surface area contributed by atoms with Gasteiger partial charge in [-0.05, 0) is 0 Å². The van der Waals surface area contributed by atoms with Crippen LogP contribution >= 0.6 is 0 Å². The molecule has 0 aliphatic carbocycles. The Morgan fingerprint density at radius 3 is 2.25 bits per heavy atom. The van der Waals surface area contributed by atoms with Gasteiger partial charge < -0.3 is 0 Å². The molecule has 0 unspecified atom stereocenters. The molecule has 80 valence electrons. The third-order valence-electron chi connectivity index (χ3n) is 2.08. The van der Waals surface area contributed by atoms with Crippen molar-refractivity contribution in [2.24, 2.45) is 0 Å². The molecular weight excluding hydrogens is 266 g/mol. The number of hydrogen-bond acceptors (Lipinski definition) is 0. The summed E-state index contributed by atoms with van der Waals surface area (Å²) in [7, 11) is 0. The molecule has 0 heterocycles. The SMILES string of the molecule is Fc1ccc(/C=C/[Se]c2ccccc2)cc1. The quantitative estimate of drug-likeness (QED) is 0.757. The van der Waals surface area contributed by atoms with E-state index in [9.17, 15) is 4.39 Å². The van der Waals surface area contributed by atoms with E-state index in [4.69, 9.17) is 0 Å². The first-order chi connectivity index (χ1) is 7.84. The molecule has 0 nitrogen and oxygen atoms in total. The standard InChI is InChI=1S/C14H11FSe/c15-13-8-6-12(7-9-13)10-11-16-14-4-2-1-3-5-14/h1-11H/b11-10+. The first-order valence-corrected chi connectivity index (χ1v) is 6.83. The minimum atomic E-state index is -0.189. The topological polar surface area (TPSA) is 0 Å². The Balaban J connectivity index is 1.98. The van der Waals surface area contributed by atoms with Gasteiger partial charge in [0.25, 0.3) is 0 Å². The molecule has 2 rings (SSSR count). The first-order valence-electron chi connectivity index (χ1n) is 4.98. The molecule has 0 amide bonds. The second-order valence-corrected chi connectivity index (χ2v) is 5.34. The predicted octanol–water partition coefficient (Wildman–Crippen LogP) is 2.83. The van der Waals surface area contributed by atoms with E-state index in [1.807, 2.05) is 24.3 Å². The molecule has 0 aliphatic rings. The van der Waals surface area contributed by atoms with Crippen LogP contribution < -0.4 is 4.46 Å². The molecule has 2 heteroatoms. The predicted molar refractivity (Wildman–Crippen MR) is 67.3 cm³/mol. The van der Waals surface area contributed by atoms with E-state index in [-0.39, 0.29) is 5.82 Å². The summed E-state index contributed by atoms with van der Waals surface area (Å²) in [6, 6.07) is 16.9. The Bertz CT molecular complexity index is 460. The van der Waals surface area contributed by atoms with E-state index in [1.54, 1.807) is 12.1 Å². The van der Waals surface area contributed by atoms with Crippen molar-refractivity contribution in [3.8, 4) is 0 Å². The Hall–Kier alpha value is -1.37. The number of hydrogen-bond donors (Lipinski definition) is 0. The van der Waals surface area contributed by atoms with Crippen LogP contribution in [0.2, 0.25) is 0 Å². The molecule has 0 atom stereocenters. The number of halogens is 1. The van der Waals surface area contributed by atoms with E-state index in [1.165, 1.54) is 16.6 Å². The van der Waals surface area contributed by atoms with Gasteiger partial charge in [-0.3, -0.25) is 0 Å². The molecule has 2 aromatic carbocycles. The zero-order valence-electron chi connectivity index (χ0n) is 8.64. The number of benzene rings is 2. The van der Waals surface area contributed by atoms with Crippen molar-refractivity contribution >= 4 is 25.5 Å². The Kier molecular flexibility index (Phi) is 3.92. The summed E-state index contributed by atoms with van der Waals surface area (Å²) in [6.07, 6.45) is 2.03. The van der Waals surface area contributed by atoms with Crippen LogP contribution in [0.1, 0.15) is 5.56 Å². The molecule has 0 spiro atoms. The molecule has 0 aromatic heterocycles. The van der Waals surface area contributed by atoms with E-state index in [2.05, 4.69) is 17.1 Å². The van der Waals surface area contributed by atoms with E-state index < -0.39 is 0 Å². The second-order valence-electron chi connectivity index (χ2n) is 3.29.